The zero-order chi connectivity index (χ0) is 46.4. The highest BCUT2D eigenvalue weighted by molar-refractivity contribution is 7.50. The first kappa shape index (κ1) is 43.9. The maximum Gasteiger partial charge on any atom is 0.344 e. The number of benzene rings is 8. The molecule has 2 atom stereocenters. The van der Waals surface area contributed by atoms with E-state index < -0.39 is 32.9 Å². The van der Waals surface area contributed by atoms with E-state index in [0.29, 0.717) is 45.9 Å². The van der Waals surface area contributed by atoms with Crippen LogP contribution in [-0.2, 0) is 19.1 Å². The standard InChI is InChI=1S/C58H44O8S2/c59-55(37-65-43-25-31-53-49(35-43)57(61)47-17-7-9-19-51(47)67(53)45-27-21-41(22-28-45)39-13-3-1-4-14-39)63-33-11-12-34-64-56(60)38-66-44-26-32-54-50(36-44)58(62)48-18-8-10-20-52(48)68(54)46-29-23-42(24-30-46)40-15-5-2-6-16-40/h1-10,13-32,35-36H,11-12,33-34,37-38H2/q+2. The molecular formula is C58H44O8S2+2. The molecule has 10 rings (SSSR count). The van der Waals surface area contributed by atoms with Crippen molar-refractivity contribution in [3.05, 3.63) is 215 Å². The molecule has 2 heterocycles. The van der Waals surface area contributed by atoms with Crippen LogP contribution in [-0.4, -0.2) is 38.4 Å². The molecule has 2 aromatic heterocycles. The molecule has 0 aliphatic carbocycles. The third-order valence-corrected chi connectivity index (χ3v) is 16.4. The van der Waals surface area contributed by atoms with Gasteiger partial charge in [0.15, 0.2) is 41.8 Å². The number of esters is 2. The largest absolute Gasteiger partial charge is 0.482 e. The van der Waals surface area contributed by atoms with E-state index in [-0.39, 0.29) is 37.3 Å². The summed E-state index contributed by atoms with van der Waals surface area (Å²) in [6, 6.07) is 63.7. The van der Waals surface area contributed by atoms with Gasteiger partial charge in [-0.1, -0.05) is 84.9 Å². The number of fused-ring (bicyclic) bond motifs is 4. The predicted octanol–water partition coefficient (Wildman–Crippen LogP) is 13.2. The van der Waals surface area contributed by atoms with E-state index in [2.05, 4.69) is 72.8 Å². The number of ether oxygens (including phenoxy) is 4. The van der Waals surface area contributed by atoms with Crippen LogP contribution in [0.15, 0.2) is 204 Å². The summed E-state index contributed by atoms with van der Waals surface area (Å²) in [5.74, 6) is -0.314. The quantitative estimate of drug-likeness (QED) is 0.0433. The van der Waals surface area contributed by atoms with Gasteiger partial charge in [0.05, 0.1) is 34.8 Å². The summed E-state index contributed by atoms with van der Waals surface area (Å²) in [5.41, 5.74) is 4.34. The molecule has 8 aromatic carbocycles. The van der Waals surface area contributed by atoms with E-state index in [0.717, 1.165) is 50.8 Å². The van der Waals surface area contributed by atoms with Crippen LogP contribution in [0.2, 0.25) is 0 Å². The van der Waals surface area contributed by atoms with Gasteiger partial charge >= 0.3 is 11.9 Å². The van der Waals surface area contributed by atoms with E-state index in [4.69, 9.17) is 18.9 Å². The van der Waals surface area contributed by atoms with E-state index in [9.17, 15) is 19.2 Å². The number of carbonyl (C=O) groups is 2. The minimum atomic E-state index is -0.553. The topological polar surface area (TPSA) is 105 Å². The summed E-state index contributed by atoms with van der Waals surface area (Å²) >= 11 is 0. The summed E-state index contributed by atoms with van der Waals surface area (Å²) < 4.78 is 26.2. The smallest absolute Gasteiger partial charge is 0.344 e. The lowest BCUT2D eigenvalue weighted by Crippen LogP contribution is -2.17. The number of carbonyl (C=O) groups excluding carboxylic acids is 2. The Bertz CT molecular complexity index is 3350. The molecule has 2 unspecified atom stereocenters. The van der Waals surface area contributed by atoms with Crippen LogP contribution in [0.1, 0.15) is 12.8 Å². The van der Waals surface area contributed by atoms with Crippen LogP contribution in [0.5, 0.6) is 11.5 Å². The Kier molecular flexibility index (Phi) is 12.9. The fourth-order valence-electron chi connectivity index (χ4n) is 8.38. The molecule has 0 saturated carbocycles. The van der Waals surface area contributed by atoms with Crippen molar-refractivity contribution in [2.75, 3.05) is 26.4 Å². The van der Waals surface area contributed by atoms with E-state index in [1.54, 1.807) is 24.3 Å². The predicted molar refractivity (Wildman–Crippen MR) is 276 cm³/mol. The van der Waals surface area contributed by atoms with Crippen LogP contribution in [0.4, 0.5) is 0 Å². The normalized spacial score (nSPS) is 11.8. The van der Waals surface area contributed by atoms with E-state index >= 15 is 0 Å². The Morgan fingerprint density at radius 1 is 0.368 bits per heavy atom. The van der Waals surface area contributed by atoms with Crippen molar-refractivity contribution < 1.29 is 28.5 Å². The lowest BCUT2D eigenvalue weighted by atomic mass is 10.1. The maximum atomic E-state index is 13.8. The lowest BCUT2D eigenvalue weighted by Gasteiger charge is -2.09. The van der Waals surface area contributed by atoms with Crippen molar-refractivity contribution in [2.24, 2.45) is 0 Å². The average Bonchev–Trinajstić information content (AvgIpc) is 3.39. The molecule has 0 radical (unpaired) electrons. The second kappa shape index (κ2) is 19.9. The summed E-state index contributed by atoms with van der Waals surface area (Å²) in [7, 11) is -1.04. The van der Waals surface area contributed by atoms with Gasteiger partial charge in [-0.25, -0.2) is 9.59 Å². The molecular weight excluding hydrogens is 889 g/mol. The number of hydrogen-bond acceptors (Lipinski definition) is 8. The highest BCUT2D eigenvalue weighted by Gasteiger charge is 2.25. The Morgan fingerprint density at radius 2 is 0.721 bits per heavy atom. The van der Waals surface area contributed by atoms with Gasteiger partial charge in [-0.05, 0) is 132 Å². The lowest BCUT2D eigenvalue weighted by molar-refractivity contribution is -0.148. The minimum Gasteiger partial charge on any atom is -0.482 e. The maximum absolute atomic E-state index is 13.8. The summed E-state index contributed by atoms with van der Waals surface area (Å²) in [4.78, 5) is 55.0. The Morgan fingerprint density at radius 3 is 1.13 bits per heavy atom. The van der Waals surface area contributed by atoms with Crippen molar-refractivity contribution in [3.63, 3.8) is 0 Å². The summed E-state index contributed by atoms with van der Waals surface area (Å²) in [6.45, 7) is -0.419. The summed E-state index contributed by atoms with van der Waals surface area (Å²) in [5, 5.41) is 2.40. The Balaban J connectivity index is 0.713. The molecule has 10 aromatic rings. The first-order chi connectivity index (χ1) is 33.4. The van der Waals surface area contributed by atoms with Gasteiger partial charge in [0.1, 0.15) is 11.5 Å². The molecule has 0 aliphatic heterocycles. The monoisotopic (exact) mass is 932 g/mol. The SMILES string of the molecule is O=C(COc1ccc2c(c1)c(=O)c1ccccc1[s+]2-c1ccc(-c2ccccc2)cc1)OCCCCOC(=O)COc1ccc2c(c1)c(=O)c1ccccc1[s+]2-c1ccc(-c2ccccc2)cc1. The molecule has 0 saturated heterocycles. The van der Waals surface area contributed by atoms with E-state index in [1.807, 2.05) is 97.1 Å². The first-order valence-electron chi connectivity index (χ1n) is 22.3. The third kappa shape index (κ3) is 9.24. The third-order valence-electron chi connectivity index (χ3n) is 11.7. The van der Waals surface area contributed by atoms with Crippen molar-refractivity contribution >= 4 is 73.2 Å². The second-order valence-electron chi connectivity index (χ2n) is 16.1. The van der Waals surface area contributed by atoms with Crippen molar-refractivity contribution in [1.82, 2.24) is 0 Å². The zero-order valence-electron chi connectivity index (χ0n) is 36.8. The second-order valence-corrected chi connectivity index (χ2v) is 20.0. The van der Waals surface area contributed by atoms with Gasteiger partial charge in [-0.2, -0.15) is 0 Å². The highest BCUT2D eigenvalue weighted by atomic mass is 32.2. The molecule has 0 amide bonds. The molecule has 0 fully saturated rings. The molecule has 68 heavy (non-hydrogen) atoms. The molecule has 10 heteroatoms. The Labute approximate surface area is 397 Å². The number of unbranched alkanes of at least 4 members (excludes halogenated alkanes) is 1. The molecule has 0 bridgehead atoms. The van der Waals surface area contributed by atoms with Crippen LogP contribution in [0, 0.1) is 0 Å². The fourth-order valence-corrected chi connectivity index (χ4v) is 13.0. The van der Waals surface area contributed by atoms with Gasteiger partial charge in [0.2, 0.25) is 10.9 Å². The molecule has 0 aliphatic rings. The first-order valence-corrected chi connectivity index (χ1v) is 24.8. The van der Waals surface area contributed by atoms with Crippen LogP contribution >= 0.6 is 20.9 Å². The van der Waals surface area contributed by atoms with Gasteiger partial charge in [-0.15, -0.1) is 0 Å². The average molecular weight is 933 g/mol. The summed E-state index contributed by atoms with van der Waals surface area (Å²) in [6.07, 6.45) is 0.930. The van der Waals surface area contributed by atoms with Gasteiger partial charge in [0, 0.05) is 33.1 Å². The van der Waals surface area contributed by atoms with Crippen molar-refractivity contribution in [1.29, 1.82) is 0 Å². The van der Waals surface area contributed by atoms with Crippen molar-refractivity contribution in [3.8, 4) is 43.5 Å². The fraction of sp³-hybridized carbons (Fsp3) is 0.103. The molecule has 334 valence electrons. The molecule has 0 N–H and O–H groups in total. The van der Waals surface area contributed by atoms with Gasteiger partial charge in [0.25, 0.3) is 0 Å². The van der Waals surface area contributed by atoms with Gasteiger partial charge in [-0.3, -0.25) is 9.59 Å². The number of rotatable bonds is 15. The highest BCUT2D eigenvalue weighted by Crippen LogP contribution is 2.46. The van der Waals surface area contributed by atoms with Crippen LogP contribution in [0.25, 0.3) is 72.4 Å². The van der Waals surface area contributed by atoms with Crippen LogP contribution < -0.4 is 20.3 Å². The molecule has 8 nitrogen and oxygen atoms in total. The van der Waals surface area contributed by atoms with Crippen molar-refractivity contribution in [2.45, 2.75) is 12.8 Å². The van der Waals surface area contributed by atoms with E-state index in [1.165, 1.54) is 0 Å². The molecule has 0 spiro atoms. The zero-order valence-corrected chi connectivity index (χ0v) is 38.4. The van der Waals surface area contributed by atoms with Gasteiger partial charge < -0.3 is 18.9 Å². The minimum absolute atomic E-state index is 0.0853. The Hall–Kier alpha value is -7.92. The number of hydrogen-bond donors (Lipinski definition) is 0. The van der Waals surface area contributed by atoms with Crippen LogP contribution in [0.3, 0.4) is 0 Å².